The van der Waals surface area contributed by atoms with Gasteiger partial charge in [0.2, 0.25) is 0 Å². The Morgan fingerprint density at radius 3 is 2.58 bits per heavy atom. The van der Waals surface area contributed by atoms with Crippen LogP contribution in [0.25, 0.3) is 0 Å². The summed E-state index contributed by atoms with van der Waals surface area (Å²) in [5, 5.41) is 0. The molecule has 0 aliphatic rings. The molecule has 0 saturated carbocycles. The van der Waals surface area contributed by atoms with E-state index in [0.717, 1.165) is 13.0 Å². The smallest absolute Gasteiger partial charge is 0.305 e. The van der Waals surface area contributed by atoms with Gasteiger partial charge in [0.25, 0.3) is 0 Å². The molecule has 0 bridgehead atoms. The summed E-state index contributed by atoms with van der Waals surface area (Å²) in [6.45, 7) is 6.82. The molecule has 0 N–H and O–H groups in total. The van der Waals surface area contributed by atoms with Crippen LogP contribution in [0.15, 0.2) is 0 Å². The van der Waals surface area contributed by atoms with E-state index in [1.807, 2.05) is 13.8 Å². The molecule has 0 heterocycles. The molecule has 0 aliphatic carbocycles. The molecule has 3 heteroatoms. The van der Waals surface area contributed by atoms with Gasteiger partial charge in [-0.25, -0.2) is 0 Å². The lowest BCUT2D eigenvalue weighted by molar-refractivity contribution is -0.147. The van der Waals surface area contributed by atoms with Crippen LogP contribution in [-0.2, 0) is 14.3 Å². The second-order valence-electron chi connectivity index (χ2n) is 2.72. The number of hydrogen-bond acceptors (Lipinski definition) is 3. The van der Waals surface area contributed by atoms with Crippen molar-refractivity contribution < 1.29 is 14.3 Å². The molecule has 1 unspecified atom stereocenters. The van der Waals surface area contributed by atoms with Crippen molar-refractivity contribution in [3.8, 4) is 0 Å². The zero-order chi connectivity index (χ0) is 9.40. The van der Waals surface area contributed by atoms with Crippen molar-refractivity contribution >= 4 is 5.97 Å². The molecule has 0 spiro atoms. The zero-order valence-corrected chi connectivity index (χ0v) is 8.13. The first-order valence-corrected chi connectivity index (χ1v) is 4.47. The Labute approximate surface area is 74.0 Å². The van der Waals surface area contributed by atoms with Gasteiger partial charge in [-0.2, -0.15) is 0 Å². The van der Waals surface area contributed by atoms with Gasteiger partial charge < -0.3 is 9.47 Å². The summed E-state index contributed by atoms with van der Waals surface area (Å²) in [5.41, 5.74) is 0. The zero-order valence-electron chi connectivity index (χ0n) is 8.13. The Morgan fingerprint density at radius 2 is 2.08 bits per heavy atom. The van der Waals surface area contributed by atoms with Gasteiger partial charge in [0.15, 0.2) is 0 Å². The number of rotatable bonds is 6. The predicted octanol–water partition coefficient (Wildman–Crippen LogP) is 1.75. The fraction of sp³-hybridized carbons (Fsp3) is 0.889. The Kier molecular flexibility index (Phi) is 6.76. The Bertz CT molecular complexity index is 123. The molecule has 0 rings (SSSR count). The molecule has 0 aromatic rings. The maximum absolute atomic E-state index is 10.7. The number of carbonyl (C=O) groups excluding carboxylic acids is 1. The van der Waals surface area contributed by atoms with E-state index in [1.165, 1.54) is 0 Å². The molecule has 0 saturated heterocycles. The number of hydrogen-bond donors (Lipinski definition) is 0. The summed E-state index contributed by atoms with van der Waals surface area (Å²) >= 11 is 0. The van der Waals surface area contributed by atoms with Crippen LogP contribution in [0.1, 0.15) is 33.6 Å². The highest BCUT2D eigenvalue weighted by Crippen LogP contribution is 1.94. The van der Waals surface area contributed by atoms with E-state index in [2.05, 4.69) is 0 Å². The molecule has 0 aromatic heterocycles. The summed E-state index contributed by atoms with van der Waals surface area (Å²) in [7, 11) is 0. The average molecular weight is 174 g/mol. The van der Waals surface area contributed by atoms with Crippen molar-refractivity contribution in [2.45, 2.75) is 39.7 Å². The van der Waals surface area contributed by atoms with Crippen molar-refractivity contribution in [2.24, 2.45) is 0 Å². The molecule has 72 valence electrons. The van der Waals surface area contributed by atoms with Crippen molar-refractivity contribution in [2.75, 3.05) is 13.2 Å². The molecule has 3 nitrogen and oxygen atoms in total. The summed E-state index contributed by atoms with van der Waals surface area (Å²) < 4.78 is 10.2. The van der Waals surface area contributed by atoms with Gasteiger partial charge in [-0.05, 0) is 13.3 Å². The van der Waals surface area contributed by atoms with Crippen LogP contribution in [0, 0.1) is 0 Å². The maximum Gasteiger partial charge on any atom is 0.305 e. The van der Waals surface area contributed by atoms with Crippen LogP contribution < -0.4 is 0 Å². The standard InChI is InChI=1S/C9H18O3/c1-4-6-11-8(3)7-12-9(10)5-2/h8H,4-7H2,1-3H3. The third kappa shape index (κ3) is 6.16. The van der Waals surface area contributed by atoms with Gasteiger partial charge in [-0.15, -0.1) is 0 Å². The number of esters is 1. The van der Waals surface area contributed by atoms with E-state index in [1.54, 1.807) is 6.92 Å². The normalized spacial score (nSPS) is 12.6. The third-order valence-electron chi connectivity index (χ3n) is 1.37. The second kappa shape index (κ2) is 7.10. The van der Waals surface area contributed by atoms with E-state index in [0.29, 0.717) is 13.0 Å². The van der Waals surface area contributed by atoms with Crippen molar-refractivity contribution in [3.63, 3.8) is 0 Å². The molecular formula is C9H18O3. The molecule has 0 aromatic carbocycles. The fourth-order valence-electron chi connectivity index (χ4n) is 0.680. The molecule has 0 radical (unpaired) electrons. The van der Waals surface area contributed by atoms with Crippen LogP contribution in [0.3, 0.4) is 0 Å². The molecule has 1 atom stereocenters. The largest absolute Gasteiger partial charge is 0.463 e. The summed E-state index contributed by atoms with van der Waals surface area (Å²) in [6, 6.07) is 0. The number of carbonyl (C=O) groups is 1. The Morgan fingerprint density at radius 1 is 1.42 bits per heavy atom. The van der Waals surface area contributed by atoms with Crippen LogP contribution >= 0.6 is 0 Å². The van der Waals surface area contributed by atoms with Crippen LogP contribution in [0.4, 0.5) is 0 Å². The molecule has 0 amide bonds. The van der Waals surface area contributed by atoms with Gasteiger partial charge in [-0.1, -0.05) is 13.8 Å². The maximum atomic E-state index is 10.7. The average Bonchev–Trinajstić information content (AvgIpc) is 2.10. The lowest BCUT2D eigenvalue weighted by Crippen LogP contribution is -2.18. The molecule has 0 aliphatic heterocycles. The lowest BCUT2D eigenvalue weighted by Gasteiger charge is -2.11. The quantitative estimate of drug-likeness (QED) is 0.575. The van der Waals surface area contributed by atoms with Crippen molar-refractivity contribution in [1.29, 1.82) is 0 Å². The summed E-state index contributed by atoms with van der Waals surface area (Å²) in [6.07, 6.45) is 1.44. The Hall–Kier alpha value is -0.570. The second-order valence-corrected chi connectivity index (χ2v) is 2.72. The van der Waals surface area contributed by atoms with E-state index < -0.39 is 0 Å². The highest BCUT2D eigenvalue weighted by molar-refractivity contribution is 5.68. The van der Waals surface area contributed by atoms with Gasteiger partial charge in [0.05, 0.1) is 6.10 Å². The SMILES string of the molecule is CCCOC(C)COC(=O)CC. The fourth-order valence-corrected chi connectivity index (χ4v) is 0.680. The molecule has 12 heavy (non-hydrogen) atoms. The minimum absolute atomic E-state index is 0.0143. The van der Waals surface area contributed by atoms with Gasteiger partial charge in [-0.3, -0.25) is 4.79 Å². The van der Waals surface area contributed by atoms with E-state index in [9.17, 15) is 4.79 Å². The minimum Gasteiger partial charge on any atom is -0.463 e. The lowest BCUT2D eigenvalue weighted by atomic mass is 10.4. The molecule has 0 fully saturated rings. The first kappa shape index (κ1) is 11.4. The van der Waals surface area contributed by atoms with Crippen LogP contribution in [-0.4, -0.2) is 25.3 Å². The first-order valence-electron chi connectivity index (χ1n) is 4.47. The highest BCUT2D eigenvalue weighted by atomic mass is 16.6. The first-order chi connectivity index (χ1) is 5.70. The number of ether oxygens (including phenoxy) is 2. The molecular weight excluding hydrogens is 156 g/mol. The van der Waals surface area contributed by atoms with Gasteiger partial charge in [0.1, 0.15) is 6.61 Å². The van der Waals surface area contributed by atoms with Gasteiger partial charge in [0, 0.05) is 13.0 Å². The summed E-state index contributed by atoms with van der Waals surface area (Å²) in [4.78, 5) is 10.7. The van der Waals surface area contributed by atoms with Crippen LogP contribution in [0.2, 0.25) is 0 Å². The third-order valence-corrected chi connectivity index (χ3v) is 1.37. The van der Waals surface area contributed by atoms with Crippen molar-refractivity contribution in [3.05, 3.63) is 0 Å². The topological polar surface area (TPSA) is 35.5 Å². The van der Waals surface area contributed by atoms with E-state index in [-0.39, 0.29) is 12.1 Å². The van der Waals surface area contributed by atoms with E-state index >= 15 is 0 Å². The van der Waals surface area contributed by atoms with Gasteiger partial charge >= 0.3 is 5.97 Å². The van der Waals surface area contributed by atoms with Crippen molar-refractivity contribution in [1.82, 2.24) is 0 Å². The van der Waals surface area contributed by atoms with E-state index in [4.69, 9.17) is 9.47 Å². The predicted molar refractivity (Wildman–Crippen MR) is 47.0 cm³/mol. The summed E-state index contributed by atoms with van der Waals surface area (Å²) in [5.74, 6) is -0.165. The highest BCUT2D eigenvalue weighted by Gasteiger charge is 2.04. The minimum atomic E-state index is -0.165. The monoisotopic (exact) mass is 174 g/mol. The Balaban J connectivity index is 3.30. The van der Waals surface area contributed by atoms with Crippen LogP contribution in [0.5, 0.6) is 0 Å².